The fourth-order valence-electron chi connectivity index (χ4n) is 2.91. The van der Waals surface area contributed by atoms with Gasteiger partial charge in [0.2, 0.25) is 5.82 Å². The predicted octanol–water partition coefficient (Wildman–Crippen LogP) is -2.00. The molecular formula is C13H15FN2O9. The van der Waals surface area contributed by atoms with Gasteiger partial charge < -0.3 is 25.2 Å². The highest BCUT2D eigenvalue weighted by Crippen LogP contribution is 2.48. The normalized spacial score (nSPS) is 31.8. The Kier molecular flexibility index (Phi) is 4.55. The minimum atomic E-state index is -2.80. The largest absolute Gasteiger partial charge is 0.481 e. The maximum atomic E-state index is 13.5. The number of carbonyl (C=O) groups is 2. The summed E-state index contributed by atoms with van der Waals surface area (Å²) in [6.45, 7) is 1.16. The van der Waals surface area contributed by atoms with Crippen LogP contribution in [0.4, 0.5) is 4.39 Å². The van der Waals surface area contributed by atoms with Crippen molar-refractivity contribution < 1.29 is 39.1 Å². The van der Waals surface area contributed by atoms with E-state index in [9.17, 15) is 33.8 Å². The number of nitrogens with one attached hydrogen (secondary N) is 1. The molecule has 4 atom stereocenters. The van der Waals surface area contributed by atoms with Crippen molar-refractivity contribution in [1.29, 1.82) is 0 Å². The number of nitrogens with zero attached hydrogens (tertiary/aromatic N) is 1. The van der Waals surface area contributed by atoms with Crippen LogP contribution < -0.4 is 11.2 Å². The first kappa shape index (κ1) is 18.8. The van der Waals surface area contributed by atoms with Gasteiger partial charge in [-0.05, 0) is 6.92 Å². The molecule has 0 radical (unpaired) electrons. The van der Waals surface area contributed by atoms with E-state index in [0.717, 1.165) is 6.92 Å². The molecule has 1 aromatic heterocycles. The van der Waals surface area contributed by atoms with E-state index in [-0.39, 0.29) is 0 Å². The Morgan fingerprint density at radius 3 is 2.28 bits per heavy atom. The smallest absolute Gasteiger partial charge is 0.330 e. The molecule has 11 nitrogen and oxygen atoms in total. The number of H-pyrrole nitrogens is 1. The molecular weight excluding hydrogens is 347 g/mol. The SMILES string of the molecule is CC1OC(n2cc(F)c(=O)[nH]c2=O)[C@@](O)(CC(=O)O)[C@@]1(O)CC(=O)O. The van der Waals surface area contributed by atoms with Crippen LogP contribution in [0.2, 0.25) is 0 Å². The average molecular weight is 362 g/mol. The van der Waals surface area contributed by atoms with Crippen molar-refractivity contribution >= 4 is 11.9 Å². The third-order valence-electron chi connectivity index (χ3n) is 4.18. The summed E-state index contributed by atoms with van der Waals surface area (Å²) in [5.74, 6) is -4.63. The van der Waals surface area contributed by atoms with Crippen molar-refractivity contribution in [2.45, 2.75) is 43.3 Å². The summed E-state index contributed by atoms with van der Waals surface area (Å²) in [6.07, 6.45) is -5.33. The van der Waals surface area contributed by atoms with Gasteiger partial charge in [-0.2, -0.15) is 4.39 Å². The molecule has 5 N–H and O–H groups in total. The molecule has 0 saturated carbocycles. The predicted molar refractivity (Wildman–Crippen MR) is 75.3 cm³/mol. The highest BCUT2D eigenvalue weighted by molar-refractivity contribution is 5.71. The van der Waals surface area contributed by atoms with Gasteiger partial charge >= 0.3 is 17.6 Å². The molecule has 2 unspecified atom stereocenters. The van der Waals surface area contributed by atoms with Gasteiger partial charge in [-0.25, -0.2) is 4.79 Å². The molecule has 1 aliphatic heterocycles. The number of ether oxygens (including phenoxy) is 1. The molecule has 1 aromatic rings. The van der Waals surface area contributed by atoms with Crippen molar-refractivity contribution in [2.24, 2.45) is 0 Å². The first-order chi connectivity index (χ1) is 11.4. The quantitative estimate of drug-likeness (QED) is 0.396. The number of rotatable bonds is 5. The van der Waals surface area contributed by atoms with Gasteiger partial charge in [-0.3, -0.25) is 23.9 Å². The lowest BCUT2D eigenvalue weighted by molar-refractivity contribution is -0.184. The molecule has 0 amide bonds. The number of aliphatic carboxylic acids is 2. The van der Waals surface area contributed by atoms with Gasteiger partial charge in [0.15, 0.2) is 11.8 Å². The highest BCUT2D eigenvalue weighted by Gasteiger charge is 2.66. The van der Waals surface area contributed by atoms with Gasteiger partial charge in [0.1, 0.15) is 5.60 Å². The van der Waals surface area contributed by atoms with Crippen LogP contribution in [-0.2, 0) is 14.3 Å². The molecule has 2 rings (SSSR count). The molecule has 0 aliphatic carbocycles. The molecule has 1 aliphatic rings. The Labute approximate surface area is 137 Å². The molecule has 25 heavy (non-hydrogen) atoms. The third-order valence-corrected chi connectivity index (χ3v) is 4.18. The van der Waals surface area contributed by atoms with Crippen LogP contribution in [-0.4, -0.2) is 59.2 Å². The molecule has 1 fully saturated rings. The number of carboxylic acids is 2. The minimum Gasteiger partial charge on any atom is -0.481 e. The number of hydrogen-bond acceptors (Lipinski definition) is 7. The molecule has 2 heterocycles. The van der Waals surface area contributed by atoms with Gasteiger partial charge in [0.25, 0.3) is 5.56 Å². The second-order valence-electron chi connectivity index (χ2n) is 5.76. The lowest BCUT2D eigenvalue weighted by Gasteiger charge is -2.38. The average Bonchev–Trinajstić information content (AvgIpc) is 2.63. The summed E-state index contributed by atoms with van der Waals surface area (Å²) in [5.41, 5.74) is -8.00. The molecule has 12 heteroatoms. The van der Waals surface area contributed by atoms with Crippen LogP contribution in [0.1, 0.15) is 26.0 Å². The Bertz CT molecular complexity index is 834. The van der Waals surface area contributed by atoms with E-state index in [1.165, 1.54) is 0 Å². The Balaban J connectivity index is 2.67. The highest BCUT2D eigenvalue weighted by atomic mass is 19.1. The lowest BCUT2D eigenvalue weighted by Crippen LogP contribution is -2.60. The molecule has 138 valence electrons. The van der Waals surface area contributed by atoms with Crippen molar-refractivity contribution in [3.05, 3.63) is 32.9 Å². The zero-order chi connectivity index (χ0) is 19.2. The van der Waals surface area contributed by atoms with E-state index in [4.69, 9.17) is 14.9 Å². The molecule has 1 saturated heterocycles. The van der Waals surface area contributed by atoms with Gasteiger partial charge in [-0.15, -0.1) is 0 Å². The van der Waals surface area contributed by atoms with Crippen LogP contribution in [0.15, 0.2) is 15.8 Å². The number of hydrogen-bond donors (Lipinski definition) is 5. The van der Waals surface area contributed by atoms with Crippen LogP contribution in [0, 0.1) is 5.82 Å². The van der Waals surface area contributed by atoms with Crippen molar-refractivity contribution in [1.82, 2.24) is 9.55 Å². The third kappa shape index (κ3) is 2.94. The number of carboxylic acid groups (broad SMARTS) is 2. The van der Waals surface area contributed by atoms with Gasteiger partial charge in [0.05, 0.1) is 25.1 Å². The zero-order valence-corrected chi connectivity index (χ0v) is 12.8. The Morgan fingerprint density at radius 2 is 1.76 bits per heavy atom. The summed E-state index contributed by atoms with van der Waals surface area (Å²) < 4.78 is 19.1. The van der Waals surface area contributed by atoms with E-state index in [0.29, 0.717) is 10.8 Å². The maximum absolute atomic E-state index is 13.5. The maximum Gasteiger partial charge on any atom is 0.330 e. The Hall–Kier alpha value is -2.57. The summed E-state index contributed by atoms with van der Waals surface area (Å²) in [6, 6.07) is 0. The topological polar surface area (TPSA) is 179 Å². The van der Waals surface area contributed by atoms with Crippen LogP contribution in [0.5, 0.6) is 0 Å². The standard InChI is InChI=1S/C13H15FN2O9/c1-5-12(23,2-7(17)18)13(24,3-8(19)20)10(25-5)16-4-6(14)9(21)15-11(16)22/h4-5,10,23-24H,2-3H2,1H3,(H,17,18)(H,19,20)(H,15,21,22)/t5?,10?,12-,13+/m1/s1. The second-order valence-corrected chi connectivity index (χ2v) is 5.76. The first-order valence-corrected chi connectivity index (χ1v) is 6.97. The minimum absolute atomic E-state index is 0.357. The van der Waals surface area contributed by atoms with Crippen LogP contribution >= 0.6 is 0 Å². The lowest BCUT2D eigenvalue weighted by atomic mass is 9.76. The molecule has 0 spiro atoms. The van der Waals surface area contributed by atoms with Gasteiger partial charge in [-0.1, -0.05) is 0 Å². The molecule has 0 bridgehead atoms. The zero-order valence-electron chi connectivity index (χ0n) is 12.8. The fraction of sp³-hybridized carbons (Fsp3) is 0.538. The summed E-state index contributed by atoms with van der Waals surface area (Å²) in [4.78, 5) is 46.8. The van der Waals surface area contributed by atoms with E-state index >= 15 is 0 Å². The second kappa shape index (κ2) is 6.06. The van der Waals surface area contributed by atoms with E-state index in [2.05, 4.69) is 0 Å². The number of halogens is 1. The Morgan fingerprint density at radius 1 is 1.24 bits per heavy atom. The number of aliphatic hydroxyl groups is 2. The molecule has 0 aromatic carbocycles. The van der Waals surface area contributed by atoms with E-state index < -0.39 is 65.4 Å². The van der Waals surface area contributed by atoms with E-state index in [1.807, 2.05) is 0 Å². The van der Waals surface area contributed by atoms with Crippen LogP contribution in [0.3, 0.4) is 0 Å². The monoisotopic (exact) mass is 362 g/mol. The first-order valence-electron chi connectivity index (χ1n) is 6.97. The summed E-state index contributed by atoms with van der Waals surface area (Å²) >= 11 is 0. The number of aromatic nitrogens is 2. The van der Waals surface area contributed by atoms with Gasteiger partial charge in [0, 0.05) is 0 Å². The van der Waals surface area contributed by atoms with Crippen LogP contribution in [0.25, 0.3) is 0 Å². The van der Waals surface area contributed by atoms with Crippen molar-refractivity contribution in [3.63, 3.8) is 0 Å². The summed E-state index contributed by atoms with van der Waals surface area (Å²) in [7, 11) is 0. The fourth-order valence-corrected chi connectivity index (χ4v) is 2.91. The summed E-state index contributed by atoms with van der Waals surface area (Å²) in [5, 5.41) is 39.4. The van der Waals surface area contributed by atoms with Crippen molar-refractivity contribution in [2.75, 3.05) is 0 Å². The van der Waals surface area contributed by atoms with E-state index in [1.54, 1.807) is 4.98 Å². The number of aromatic amines is 1. The van der Waals surface area contributed by atoms with Crippen molar-refractivity contribution in [3.8, 4) is 0 Å².